The molecule has 3 rings (SSSR count). The fourth-order valence-corrected chi connectivity index (χ4v) is 4.30. The van der Waals surface area contributed by atoms with Crippen LogP contribution in [0.15, 0.2) is 42.5 Å². The first-order valence-corrected chi connectivity index (χ1v) is 10.8. The average Bonchev–Trinajstić information content (AvgIpc) is 3.06. The highest BCUT2D eigenvalue weighted by molar-refractivity contribution is 7.19. The summed E-state index contributed by atoms with van der Waals surface area (Å²) < 4.78 is 19.1. The summed E-state index contributed by atoms with van der Waals surface area (Å²) in [6.45, 7) is 7.23. The molecule has 1 heterocycles. The van der Waals surface area contributed by atoms with Gasteiger partial charge in [0.15, 0.2) is 0 Å². The van der Waals surface area contributed by atoms with Gasteiger partial charge in [-0.1, -0.05) is 29.8 Å². The van der Waals surface area contributed by atoms with Gasteiger partial charge >= 0.3 is 5.97 Å². The Balaban J connectivity index is 1.97. The third-order valence-electron chi connectivity index (χ3n) is 4.81. The van der Waals surface area contributed by atoms with E-state index in [0.29, 0.717) is 11.3 Å². The number of halogens is 1. The lowest BCUT2D eigenvalue weighted by molar-refractivity contribution is 0.0527. The summed E-state index contributed by atoms with van der Waals surface area (Å²) in [5, 5.41) is 5.54. The SMILES string of the molecule is CCOC(=O)c1c(NC(=O)c2ccccc2F)sc(C(=O)Nc2ccc(C)cc2C)c1C. The Kier molecular flexibility index (Phi) is 7.05. The third kappa shape index (κ3) is 4.86. The third-order valence-corrected chi connectivity index (χ3v) is 6.01. The Hall–Kier alpha value is -3.52. The van der Waals surface area contributed by atoms with Gasteiger partial charge in [-0.25, -0.2) is 9.18 Å². The van der Waals surface area contributed by atoms with Gasteiger partial charge in [0, 0.05) is 5.69 Å². The zero-order valence-corrected chi connectivity index (χ0v) is 19.0. The molecule has 0 unspecified atom stereocenters. The zero-order chi connectivity index (χ0) is 23.4. The molecule has 0 radical (unpaired) electrons. The molecule has 3 aromatic rings. The molecule has 6 nitrogen and oxygen atoms in total. The fraction of sp³-hybridized carbons (Fsp3) is 0.208. The van der Waals surface area contributed by atoms with E-state index in [1.54, 1.807) is 19.9 Å². The van der Waals surface area contributed by atoms with Gasteiger partial charge < -0.3 is 15.4 Å². The number of rotatable bonds is 6. The minimum atomic E-state index is -0.726. The molecule has 32 heavy (non-hydrogen) atoms. The monoisotopic (exact) mass is 454 g/mol. The summed E-state index contributed by atoms with van der Waals surface area (Å²) in [7, 11) is 0. The number of hydrogen-bond acceptors (Lipinski definition) is 5. The minimum absolute atomic E-state index is 0.0762. The standard InChI is InChI=1S/C24H23FN2O4S/c1-5-31-24(30)19-15(4)20(22(29)26-18-11-10-13(2)12-14(18)3)32-23(19)27-21(28)16-8-6-7-9-17(16)25/h6-12H,5H2,1-4H3,(H,26,29)(H,27,28). The summed E-state index contributed by atoms with van der Waals surface area (Å²) in [6.07, 6.45) is 0. The van der Waals surface area contributed by atoms with Crippen LogP contribution in [0, 0.1) is 26.6 Å². The Morgan fingerprint density at radius 1 is 1.00 bits per heavy atom. The number of amides is 2. The highest BCUT2D eigenvalue weighted by atomic mass is 32.1. The summed E-state index contributed by atoms with van der Waals surface area (Å²) in [4.78, 5) is 38.5. The number of carbonyl (C=O) groups excluding carboxylic acids is 3. The molecular formula is C24H23FN2O4S. The van der Waals surface area contributed by atoms with Gasteiger partial charge in [-0.15, -0.1) is 11.3 Å². The van der Waals surface area contributed by atoms with Crippen molar-refractivity contribution in [1.82, 2.24) is 0 Å². The smallest absolute Gasteiger partial charge is 0.341 e. The van der Waals surface area contributed by atoms with Gasteiger partial charge in [-0.2, -0.15) is 0 Å². The number of benzene rings is 2. The van der Waals surface area contributed by atoms with Crippen molar-refractivity contribution in [3.63, 3.8) is 0 Å². The lowest BCUT2D eigenvalue weighted by Crippen LogP contribution is -2.16. The van der Waals surface area contributed by atoms with Crippen LogP contribution in [0.1, 0.15) is 54.0 Å². The van der Waals surface area contributed by atoms with E-state index in [9.17, 15) is 18.8 Å². The lowest BCUT2D eigenvalue weighted by atomic mass is 10.1. The molecule has 0 aliphatic rings. The molecule has 166 valence electrons. The zero-order valence-electron chi connectivity index (χ0n) is 18.2. The van der Waals surface area contributed by atoms with Crippen molar-refractivity contribution in [2.24, 2.45) is 0 Å². The highest BCUT2D eigenvalue weighted by Crippen LogP contribution is 2.35. The Morgan fingerprint density at radius 2 is 1.72 bits per heavy atom. The van der Waals surface area contributed by atoms with Crippen molar-refractivity contribution in [3.05, 3.63) is 81.0 Å². The van der Waals surface area contributed by atoms with E-state index >= 15 is 0 Å². The number of esters is 1. The van der Waals surface area contributed by atoms with Crippen molar-refractivity contribution in [2.45, 2.75) is 27.7 Å². The van der Waals surface area contributed by atoms with Crippen LogP contribution in [0.5, 0.6) is 0 Å². The van der Waals surface area contributed by atoms with Crippen LogP contribution in [0.25, 0.3) is 0 Å². The molecule has 0 aliphatic heterocycles. The number of nitrogens with one attached hydrogen (secondary N) is 2. The number of hydrogen-bond donors (Lipinski definition) is 2. The first kappa shape index (κ1) is 23.1. The van der Waals surface area contributed by atoms with Gasteiger partial charge in [-0.3, -0.25) is 9.59 Å². The summed E-state index contributed by atoms with van der Waals surface area (Å²) in [5.41, 5.74) is 2.88. The van der Waals surface area contributed by atoms with E-state index in [0.717, 1.165) is 22.5 Å². The van der Waals surface area contributed by atoms with Crippen molar-refractivity contribution in [1.29, 1.82) is 0 Å². The second-order valence-corrected chi connectivity index (χ2v) is 8.21. The first-order chi connectivity index (χ1) is 15.2. The number of carbonyl (C=O) groups is 3. The molecular weight excluding hydrogens is 431 g/mol. The second-order valence-electron chi connectivity index (χ2n) is 7.19. The molecule has 0 atom stereocenters. The summed E-state index contributed by atoms with van der Waals surface area (Å²) >= 11 is 0.938. The Bertz CT molecular complexity index is 1200. The van der Waals surface area contributed by atoms with E-state index in [1.807, 2.05) is 26.0 Å². The molecule has 1 aromatic heterocycles. The molecule has 0 saturated carbocycles. The van der Waals surface area contributed by atoms with Crippen molar-refractivity contribution >= 4 is 39.8 Å². The predicted molar refractivity (Wildman–Crippen MR) is 123 cm³/mol. The summed E-state index contributed by atoms with van der Waals surface area (Å²) in [6, 6.07) is 11.1. The molecule has 0 saturated heterocycles. The van der Waals surface area contributed by atoms with Crippen LogP contribution in [0.4, 0.5) is 15.1 Å². The van der Waals surface area contributed by atoms with Gasteiger partial charge in [0.1, 0.15) is 10.8 Å². The predicted octanol–water partition coefficient (Wildman–Crippen LogP) is 5.49. The van der Waals surface area contributed by atoms with Crippen LogP contribution in [-0.4, -0.2) is 24.4 Å². The van der Waals surface area contributed by atoms with Gasteiger partial charge in [0.2, 0.25) is 0 Å². The lowest BCUT2D eigenvalue weighted by Gasteiger charge is -2.09. The van der Waals surface area contributed by atoms with E-state index in [4.69, 9.17) is 4.74 Å². The maximum absolute atomic E-state index is 14.0. The molecule has 0 fully saturated rings. The van der Waals surface area contributed by atoms with E-state index in [1.165, 1.54) is 24.3 Å². The van der Waals surface area contributed by atoms with E-state index in [-0.39, 0.29) is 27.6 Å². The highest BCUT2D eigenvalue weighted by Gasteiger charge is 2.27. The van der Waals surface area contributed by atoms with Crippen LogP contribution in [0.2, 0.25) is 0 Å². The Morgan fingerprint density at radius 3 is 2.38 bits per heavy atom. The average molecular weight is 455 g/mol. The molecule has 0 spiro atoms. The molecule has 0 aliphatic carbocycles. The van der Waals surface area contributed by atoms with Crippen LogP contribution < -0.4 is 10.6 Å². The number of aryl methyl sites for hydroxylation is 2. The molecule has 2 aromatic carbocycles. The molecule has 0 bridgehead atoms. The molecule has 2 N–H and O–H groups in total. The van der Waals surface area contributed by atoms with Crippen molar-refractivity contribution < 1.29 is 23.5 Å². The quantitative estimate of drug-likeness (QED) is 0.482. The summed E-state index contributed by atoms with van der Waals surface area (Å²) in [5.74, 6) is -2.51. The number of thiophene rings is 1. The van der Waals surface area contributed by atoms with Gasteiger partial charge in [0.05, 0.1) is 22.6 Å². The van der Waals surface area contributed by atoms with Crippen molar-refractivity contribution in [3.8, 4) is 0 Å². The first-order valence-electron chi connectivity index (χ1n) is 9.97. The fourth-order valence-electron chi connectivity index (χ4n) is 3.22. The maximum atomic E-state index is 14.0. The number of anilines is 2. The van der Waals surface area contributed by atoms with Gasteiger partial charge in [0.25, 0.3) is 11.8 Å². The van der Waals surface area contributed by atoms with Crippen LogP contribution >= 0.6 is 11.3 Å². The minimum Gasteiger partial charge on any atom is -0.462 e. The van der Waals surface area contributed by atoms with Crippen LogP contribution in [0.3, 0.4) is 0 Å². The normalized spacial score (nSPS) is 10.5. The largest absolute Gasteiger partial charge is 0.462 e. The van der Waals surface area contributed by atoms with Crippen LogP contribution in [-0.2, 0) is 4.74 Å². The van der Waals surface area contributed by atoms with Gasteiger partial charge in [-0.05, 0) is 57.0 Å². The molecule has 2 amide bonds. The van der Waals surface area contributed by atoms with Crippen molar-refractivity contribution in [2.75, 3.05) is 17.2 Å². The van der Waals surface area contributed by atoms with E-state index in [2.05, 4.69) is 10.6 Å². The maximum Gasteiger partial charge on any atom is 0.341 e. The number of ether oxygens (including phenoxy) is 1. The second kappa shape index (κ2) is 9.74. The van der Waals surface area contributed by atoms with E-state index < -0.39 is 23.6 Å². The topological polar surface area (TPSA) is 84.5 Å². The Labute approximate surface area is 189 Å². The molecule has 8 heteroatoms.